The summed E-state index contributed by atoms with van der Waals surface area (Å²) in [5, 5.41) is 0. The zero-order valence-electron chi connectivity index (χ0n) is 33.6. The van der Waals surface area contributed by atoms with Crippen molar-refractivity contribution >= 4 is 17.3 Å². The Hall–Kier alpha value is -6.08. The van der Waals surface area contributed by atoms with Crippen LogP contribution in [0.3, 0.4) is 0 Å². The summed E-state index contributed by atoms with van der Waals surface area (Å²) in [4.78, 5) is 4.76. The Bertz CT molecular complexity index is 2220. The molecule has 2 unspecified atom stereocenters. The van der Waals surface area contributed by atoms with Crippen molar-refractivity contribution in [1.82, 2.24) is 4.90 Å². The summed E-state index contributed by atoms with van der Waals surface area (Å²) in [6.45, 7) is 12.8. The predicted molar refractivity (Wildman–Crippen MR) is 244 cm³/mol. The van der Waals surface area contributed by atoms with Gasteiger partial charge < -0.3 is 9.80 Å². The van der Waals surface area contributed by atoms with Gasteiger partial charge in [-0.1, -0.05) is 158 Å². The van der Waals surface area contributed by atoms with E-state index in [0.29, 0.717) is 5.92 Å². The molecule has 2 nitrogen and oxygen atoms in total. The number of hydrogen-bond acceptors (Lipinski definition) is 2. The second-order valence-corrected chi connectivity index (χ2v) is 14.6. The second-order valence-electron chi connectivity index (χ2n) is 14.6. The maximum Gasteiger partial charge on any atom is 0.0706 e. The van der Waals surface area contributed by atoms with Gasteiger partial charge in [-0.3, -0.25) is 0 Å². The van der Waals surface area contributed by atoms with E-state index in [0.717, 1.165) is 54.8 Å². The molecular formula is C54H56N2. The minimum Gasteiger partial charge on any atom is -0.335 e. The first-order chi connectivity index (χ1) is 27.4. The van der Waals surface area contributed by atoms with Crippen LogP contribution < -0.4 is 4.90 Å². The first-order valence-corrected chi connectivity index (χ1v) is 20.1. The molecule has 0 aromatic heterocycles. The number of benzene rings is 2. The fraction of sp³-hybridized carbons (Fsp3) is 0.204. The molecule has 2 atom stereocenters. The van der Waals surface area contributed by atoms with Crippen molar-refractivity contribution in [2.24, 2.45) is 5.92 Å². The van der Waals surface area contributed by atoms with Gasteiger partial charge in [0, 0.05) is 29.2 Å². The van der Waals surface area contributed by atoms with Crippen LogP contribution in [-0.4, -0.2) is 10.9 Å². The summed E-state index contributed by atoms with van der Waals surface area (Å²) in [5.41, 5.74) is 16.9. The summed E-state index contributed by atoms with van der Waals surface area (Å²) in [6.07, 6.45) is 55.2. The molecule has 56 heavy (non-hydrogen) atoms. The maximum absolute atomic E-state index is 4.18. The molecule has 0 N–H and O–H groups in total. The number of allylic oxidation sites excluding steroid dienone is 23. The van der Waals surface area contributed by atoms with Gasteiger partial charge in [0.1, 0.15) is 0 Å². The third-order valence-electron chi connectivity index (χ3n) is 10.5. The molecule has 0 amide bonds. The Morgan fingerprint density at radius 1 is 0.857 bits per heavy atom. The lowest BCUT2D eigenvalue weighted by atomic mass is 9.96. The molecule has 2 aromatic carbocycles. The molecule has 0 heterocycles. The normalized spacial score (nSPS) is 24.7. The fourth-order valence-electron chi connectivity index (χ4n) is 7.43. The summed E-state index contributed by atoms with van der Waals surface area (Å²) in [6, 6.07) is 15.9. The molecule has 0 saturated carbocycles. The molecule has 4 aliphatic carbocycles. The van der Waals surface area contributed by atoms with E-state index in [2.05, 4.69) is 213 Å². The van der Waals surface area contributed by atoms with Crippen LogP contribution in [-0.2, 0) is 6.42 Å². The van der Waals surface area contributed by atoms with Crippen LogP contribution in [0.1, 0.15) is 68.7 Å². The molecule has 0 radical (unpaired) electrons. The second kappa shape index (κ2) is 20.0. The number of nitrogens with zero attached hydrogens (tertiary/aromatic N) is 2. The van der Waals surface area contributed by atoms with Crippen molar-refractivity contribution < 1.29 is 0 Å². The van der Waals surface area contributed by atoms with Gasteiger partial charge in [0.05, 0.1) is 11.7 Å². The van der Waals surface area contributed by atoms with Crippen LogP contribution in [0.15, 0.2) is 217 Å². The molecule has 0 spiro atoms. The predicted octanol–water partition coefficient (Wildman–Crippen LogP) is 14.1. The van der Waals surface area contributed by atoms with Gasteiger partial charge in [-0.2, -0.15) is 0 Å². The zero-order valence-corrected chi connectivity index (χ0v) is 33.6. The molecule has 6 rings (SSSR count). The van der Waals surface area contributed by atoms with E-state index in [4.69, 9.17) is 0 Å². The summed E-state index contributed by atoms with van der Waals surface area (Å²) in [7, 11) is 0. The highest BCUT2D eigenvalue weighted by Crippen LogP contribution is 2.32. The zero-order chi connectivity index (χ0) is 39.1. The first-order valence-electron chi connectivity index (χ1n) is 20.1. The molecular weight excluding hydrogens is 677 g/mol. The lowest BCUT2D eigenvalue weighted by Gasteiger charge is -2.33. The Labute approximate surface area is 336 Å². The number of anilines is 1. The molecule has 0 saturated heterocycles. The van der Waals surface area contributed by atoms with Crippen molar-refractivity contribution in [2.45, 2.75) is 65.8 Å². The van der Waals surface area contributed by atoms with Gasteiger partial charge >= 0.3 is 0 Å². The summed E-state index contributed by atoms with van der Waals surface area (Å²) >= 11 is 0. The Kier molecular flexibility index (Phi) is 14.2. The van der Waals surface area contributed by atoms with Gasteiger partial charge in [0.2, 0.25) is 0 Å². The summed E-state index contributed by atoms with van der Waals surface area (Å²) in [5.74, 6) is 0.374. The van der Waals surface area contributed by atoms with E-state index in [1.165, 1.54) is 39.2 Å². The largest absolute Gasteiger partial charge is 0.335 e. The van der Waals surface area contributed by atoms with Crippen LogP contribution in [0.4, 0.5) is 5.69 Å². The monoisotopic (exact) mass is 732 g/mol. The molecule has 2 heteroatoms. The van der Waals surface area contributed by atoms with Crippen molar-refractivity contribution in [3.8, 4) is 0 Å². The Morgan fingerprint density at radius 2 is 1.73 bits per heavy atom. The fourth-order valence-corrected chi connectivity index (χ4v) is 7.43. The van der Waals surface area contributed by atoms with Gasteiger partial charge in [0.25, 0.3) is 0 Å². The molecule has 0 aliphatic heterocycles. The van der Waals surface area contributed by atoms with Crippen LogP contribution >= 0.6 is 0 Å². The van der Waals surface area contributed by atoms with Gasteiger partial charge in [-0.05, 0) is 129 Å². The maximum atomic E-state index is 4.18. The third-order valence-corrected chi connectivity index (χ3v) is 10.5. The van der Waals surface area contributed by atoms with Crippen LogP contribution in [0.5, 0.6) is 0 Å². The van der Waals surface area contributed by atoms with E-state index in [9.17, 15) is 0 Å². The van der Waals surface area contributed by atoms with Gasteiger partial charge in [0.15, 0.2) is 0 Å². The van der Waals surface area contributed by atoms with E-state index >= 15 is 0 Å². The van der Waals surface area contributed by atoms with Crippen LogP contribution in [0, 0.1) is 12.8 Å². The van der Waals surface area contributed by atoms with E-state index in [1.807, 2.05) is 19.1 Å². The van der Waals surface area contributed by atoms with Crippen molar-refractivity contribution in [2.75, 3.05) is 4.90 Å². The standard InChI is InChI=1S/C54H56N2/c1-6-8-25-50(7-2)55(44(5)32-34-45-21-14-12-13-20-43(45)4)51-28-17-22-46(23-18-29-51)47-35-39-54(40-36-47)56(52-26-15-10-9-11-16-27-52)53-30-19-24-49-41-42(3)31-33-48(49)37-38-53/h6-11,13-15,17-23,25-26,30-41,43,53H,2,12,16,24,27-28H2,1,3-5H3/b8-6-,11-9-,15-10-,22-17-,30-19-,38-37?,44-32+,45-34-,46-23+,50-25+,52-26+. The Balaban J connectivity index is 1.31. The average molecular weight is 733 g/mol. The molecule has 2 aromatic rings. The third kappa shape index (κ3) is 10.4. The molecule has 282 valence electrons. The van der Waals surface area contributed by atoms with E-state index in [1.54, 1.807) is 0 Å². The quantitative estimate of drug-likeness (QED) is 0.136. The minimum atomic E-state index is 0.0909. The molecule has 0 bridgehead atoms. The van der Waals surface area contributed by atoms with Crippen LogP contribution in [0.2, 0.25) is 0 Å². The smallest absolute Gasteiger partial charge is 0.0706 e. The summed E-state index contributed by atoms with van der Waals surface area (Å²) < 4.78 is 0. The highest BCUT2D eigenvalue weighted by atomic mass is 15.2. The van der Waals surface area contributed by atoms with Crippen LogP contribution in [0.25, 0.3) is 11.6 Å². The molecule has 0 fully saturated rings. The number of fused-ring (bicyclic) bond motifs is 1. The first kappa shape index (κ1) is 39.6. The number of rotatable bonds is 10. The SMILES string of the molecule is C=C/C(=C\C=C/C)N(C1=C=C/C=C(c2ccc(N(/C3=C/C=C\C=C/CC3)C3C=Cc4ccc(C)cc4C/C=C\3)cc2)\C=C/C1)/C(C)=C/C=C1/C=CCC=CC1C. The highest BCUT2D eigenvalue weighted by Gasteiger charge is 2.20. The minimum absolute atomic E-state index is 0.0909. The molecule has 4 aliphatic rings. The van der Waals surface area contributed by atoms with Crippen molar-refractivity contribution in [3.05, 3.63) is 239 Å². The lowest BCUT2D eigenvalue weighted by molar-refractivity contribution is 0.533. The van der Waals surface area contributed by atoms with E-state index < -0.39 is 0 Å². The Morgan fingerprint density at radius 3 is 2.57 bits per heavy atom. The van der Waals surface area contributed by atoms with Crippen molar-refractivity contribution in [1.29, 1.82) is 0 Å². The highest BCUT2D eigenvalue weighted by molar-refractivity contribution is 5.77. The van der Waals surface area contributed by atoms with Gasteiger partial charge in [-0.15, -0.1) is 0 Å². The van der Waals surface area contributed by atoms with E-state index in [-0.39, 0.29) is 6.04 Å². The number of hydrogen-bond donors (Lipinski definition) is 0. The average Bonchev–Trinajstić information content (AvgIpc) is 3.38. The lowest BCUT2D eigenvalue weighted by Crippen LogP contribution is -2.32. The van der Waals surface area contributed by atoms with Gasteiger partial charge in [-0.25, -0.2) is 0 Å². The number of aryl methyl sites for hydroxylation is 1. The topological polar surface area (TPSA) is 6.48 Å². The van der Waals surface area contributed by atoms with Crippen molar-refractivity contribution in [3.63, 3.8) is 0 Å².